The molecule has 1 atom stereocenters. The number of para-hydroxylation sites is 1. The number of hydrogen-bond acceptors (Lipinski definition) is 6. The van der Waals surface area contributed by atoms with E-state index in [1.54, 1.807) is 34.7 Å². The second-order valence-corrected chi connectivity index (χ2v) is 10.3. The van der Waals surface area contributed by atoms with Crippen LogP contribution in [0.15, 0.2) is 39.1 Å². The topological polar surface area (TPSA) is 64.0 Å². The number of carbonyl (C=O) groups excluding carboxylic acids is 1. The minimum Gasteiger partial charge on any atom is -0.324 e. The van der Waals surface area contributed by atoms with Gasteiger partial charge in [-0.25, -0.2) is 4.98 Å². The van der Waals surface area contributed by atoms with Crippen LogP contribution in [0.5, 0.6) is 0 Å². The first kappa shape index (κ1) is 20.5. The number of carbonyl (C=O) groups is 1. The lowest BCUT2D eigenvalue weighted by Crippen LogP contribution is -2.25. The van der Waals surface area contributed by atoms with E-state index >= 15 is 0 Å². The van der Waals surface area contributed by atoms with E-state index in [4.69, 9.17) is 4.98 Å². The fourth-order valence-electron chi connectivity index (χ4n) is 3.57. The van der Waals surface area contributed by atoms with Gasteiger partial charge in [-0.1, -0.05) is 23.9 Å². The lowest BCUT2D eigenvalue weighted by molar-refractivity contribution is -0.115. The second-order valence-electron chi connectivity index (χ2n) is 7.10. The second kappa shape index (κ2) is 8.53. The number of fused-ring (bicyclic) bond motifs is 3. The summed E-state index contributed by atoms with van der Waals surface area (Å²) in [5, 5.41) is 3.98. The Balaban J connectivity index is 1.59. The van der Waals surface area contributed by atoms with Gasteiger partial charge in [-0.05, 0) is 56.6 Å². The molecule has 4 rings (SSSR count). The number of amides is 1. The molecule has 8 heteroatoms. The Hall–Kier alpha value is -1.77. The molecule has 0 radical (unpaired) electrons. The lowest BCUT2D eigenvalue weighted by atomic mass is 9.97. The van der Waals surface area contributed by atoms with E-state index in [1.165, 1.54) is 28.6 Å². The third-order valence-corrected chi connectivity index (χ3v) is 8.30. The average molecular weight is 446 g/mol. The standard InChI is InChI=1S/C21H23N3O2S3/c1-12(18(25)22-14-9-5-7-11-16(14)27-3)28-21-23-19-17(20(26)24(21)2)13-8-4-6-10-15(13)29-19/h5,7,9,11-12H,4,6,8,10H2,1-3H3,(H,22,25). The monoisotopic (exact) mass is 445 g/mol. The molecular formula is C21H23N3O2S3. The number of benzene rings is 1. The summed E-state index contributed by atoms with van der Waals surface area (Å²) in [6.07, 6.45) is 6.30. The molecule has 0 bridgehead atoms. The average Bonchev–Trinajstić information content (AvgIpc) is 3.10. The Morgan fingerprint density at radius 2 is 2.03 bits per heavy atom. The van der Waals surface area contributed by atoms with Gasteiger partial charge in [-0.3, -0.25) is 14.2 Å². The zero-order valence-electron chi connectivity index (χ0n) is 16.7. The third-order valence-electron chi connectivity index (χ3n) is 5.17. The van der Waals surface area contributed by atoms with Crippen LogP contribution in [0.3, 0.4) is 0 Å². The number of aromatic nitrogens is 2. The van der Waals surface area contributed by atoms with Crippen molar-refractivity contribution in [1.82, 2.24) is 9.55 Å². The molecule has 1 amide bonds. The van der Waals surface area contributed by atoms with Crippen LogP contribution in [0, 0.1) is 0 Å². The number of hydrogen-bond donors (Lipinski definition) is 1. The van der Waals surface area contributed by atoms with Crippen molar-refractivity contribution in [2.75, 3.05) is 11.6 Å². The number of aryl methyl sites for hydroxylation is 2. The van der Waals surface area contributed by atoms with Gasteiger partial charge in [0.25, 0.3) is 5.56 Å². The van der Waals surface area contributed by atoms with Crippen LogP contribution in [0.25, 0.3) is 10.2 Å². The van der Waals surface area contributed by atoms with Gasteiger partial charge in [0.2, 0.25) is 5.91 Å². The van der Waals surface area contributed by atoms with Gasteiger partial charge in [0.15, 0.2) is 5.16 Å². The van der Waals surface area contributed by atoms with Gasteiger partial charge in [-0.15, -0.1) is 23.1 Å². The Labute approximate surface area is 182 Å². The number of thiophene rings is 1. The maximum absolute atomic E-state index is 13.0. The highest BCUT2D eigenvalue weighted by atomic mass is 32.2. The molecule has 0 saturated heterocycles. The number of rotatable bonds is 5. The third kappa shape index (κ3) is 3.98. The van der Waals surface area contributed by atoms with Crippen LogP contribution in [-0.4, -0.2) is 27.0 Å². The quantitative estimate of drug-likeness (QED) is 0.455. The Bertz CT molecular complexity index is 1140. The molecule has 1 aliphatic rings. The highest BCUT2D eigenvalue weighted by molar-refractivity contribution is 8.00. The van der Waals surface area contributed by atoms with Crippen LogP contribution in [0.4, 0.5) is 5.69 Å². The summed E-state index contributed by atoms with van der Waals surface area (Å²) in [5.41, 5.74) is 2.00. The molecular weight excluding hydrogens is 422 g/mol. The fourth-order valence-corrected chi connectivity index (χ4v) is 6.30. The van der Waals surface area contributed by atoms with Crippen molar-refractivity contribution < 1.29 is 4.79 Å². The minimum atomic E-state index is -0.380. The zero-order chi connectivity index (χ0) is 20.5. The molecule has 1 aliphatic carbocycles. The normalized spacial score (nSPS) is 14.6. The minimum absolute atomic E-state index is 0.00256. The van der Waals surface area contributed by atoms with Crippen LogP contribution >= 0.6 is 34.9 Å². The molecule has 1 aromatic carbocycles. The van der Waals surface area contributed by atoms with E-state index in [1.807, 2.05) is 37.4 Å². The first-order valence-electron chi connectivity index (χ1n) is 9.61. The summed E-state index contributed by atoms with van der Waals surface area (Å²) >= 11 is 4.56. The first-order valence-corrected chi connectivity index (χ1v) is 12.5. The van der Waals surface area contributed by atoms with E-state index in [-0.39, 0.29) is 16.7 Å². The first-order chi connectivity index (χ1) is 14.0. The van der Waals surface area contributed by atoms with Crippen molar-refractivity contribution in [3.63, 3.8) is 0 Å². The lowest BCUT2D eigenvalue weighted by Gasteiger charge is -2.15. The molecule has 0 saturated carbocycles. The van der Waals surface area contributed by atoms with Crippen molar-refractivity contribution in [3.8, 4) is 0 Å². The maximum atomic E-state index is 13.0. The Kier molecular flexibility index (Phi) is 6.03. The highest BCUT2D eigenvalue weighted by Gasteiger charge is 2.23. The number of nitrogens with zero attached hydrogens (tertiary/aromatic N) is 2. The predicted molar refractivity (Wildman–Crippen MR) is 124 cm³/mol. The SMILES string of the molecule is CSc1ccccc1NC(=O)C(C)Sc1nc2sc3c(c2c(=O)n1C)CCCC3. The molecule has 0 aliphatic heterocycles. The predicted octanol–water partition coefficient (Wildman–Crippen LogP) is 4.72. The maximum Gasteiger partial charge on any atom is 0.262 e. The van der Waals surface area contributed by atoms with Gasteiger partial charge < -0.3 is 5.32 Å². The van der Waals surface area contributed by atoms with E-state index in [0.29, 0.717) is 5.16 Å². The molecule has 0 spiro atoms. The van der Waals surface area contributed by atoms with Crippen molar-refractivity contribution in [2.45, 2.75) is 47.9 Å². The van der Waals surface area contributed by atoms with Crippen molar-refractivity contribution in [2.24, 2.45) is 7.05 Å². The largest absolute Gasteiger partial charge is 0.324 e. The fraction of sp³-hybridized carbons (Fsp3) is 0.381. The molecule has 1 unspecified atom stereocenters. The highest BCUT2D eigenvalue weighted by Crippen LogP contribution is 2.35. The van der Waals surface area contributed by atoms with E-state index in [2.05, 4.69) is 5.32 Å². The van der Waals surface area contributed by atoms with Crippen molar-refractivity contribution in [3.05, 3.63) is 45.1 Å². The summed E-state index contributed by atoms with van der Waals surface area (Å²) in [6, 6.07) is 7.74. The number of nitrogens with one attached hydrogen (secondary N) is 1. The molecule has 152 valence electrons. The van der Waals surface area contributed by atoms with E-state index in [9.17, 15) is 9.59 Å². The Morgan fingerprint density at radius 3 is 2.83 bits per heavy atom. The van der Waals surface area contributed by atoms with E-state index in [0.717, 1.165) is 40.1 Å². The summed E-state index contributed by atoms with van der Waals surface area (Å²) in [5.74, 6) is -0.101. The molecule has 3 aromatic rings. The zero-order valence-corrected chi connectivity index (χ0v) is 19.1. The summed E-state index contributed by atoms with van der Waals surface area (Å²) in [4.78, 5) is 33.7. The molecule has 29 heavy (non-hydrogen) atoms. The number of anilines is 1. The van der Waals surface area contributed by atoms with Crippen molar-refractivity contribution in [1.29, 1.82) is 0 Å². The molecule has 0 fully saturated rings. The van der Waals surface area contributed by atoms with Gasteiger partial charge in [0.05, 0.1) is 16.3 Å². The summed E-state index contributed by atoms with van der Waals surface area (Å²) < 4.78 is 1.59. The Morgan fingerprint density at radius 1 is 1.28 bits per heavy atom. The van der Waals surface area contributed by atoms with Crippen molar-refractivity contribution >= 4 is 56.7 Å². The van der Waals surface area contributed by atoms with Gasteiger partial charge in [0, 0.05) is 16.8 Å². The molecule has 2 aromatic heterocycles. The molecule has 1 N–H and O–H groups in total. The van der Waals surface area contributed by atoms with E-state index < -0.39 is 0 Å². The molecule has 2 heterocycles. The van der Waals surface area contributed by atoms with Crippen LogP contribution < -0.4 is 10.9 Å². The van der Waals surface area contributed by atoms with Crippen LogP contribution in [-0.2, 0) is 24.7 Å². The number of thioether (sulfide) groups is 2. The van der Waals surface area contributed by atoms with Gasteiger partial charge >= 0.3 is 0 Å². The molecule has 5 nitrogen and oxygen atoms in total. The van der Waals surface area contributed by atoms with Crippen LogP contribution in [0.1, 0.15) is 30.2 Å². The van der Waals surface area contributed by atoms with Gasteiger partial charge in [0.1, 0.15) is 4.83 Å². The van der Waals surface area contributed by atoms with Gasteiger partial charge in [-0.2, -0.15) is 0 Å². The summed E-state index contributed by atoms with van der Waals surface area (Å²) in [7, 11) is 1.75. The summed E-state index contributed by atoms with van der Waals surface area (Å²) in [6.45, 7) is 1.84. The van der Waals surface area contributed by atoms with Crippen LogP contribution in [0.2, 0.25) is 0 Å². The smallest absolute Gasteiger partial charge is 0.262 e.